The Kier molecular flexibility index (Phi) is 4.97. The van der Waals surface area contributed by atoms with Crippen LogP contribution in [0.1, 0.15) is 36.0 Å². The Morgan fingerprint density at radius 3 is 3.00 bits per heavy atom. The standard InChI is InChI=1S/C16H21N3O2/c1-2-5-13(6-3-1)11-20-9-4-7-15-17-16(19-18-15)14-8-10-21-12-14/h1-3,5-6,14H,4,7-12H2,(H,17,18,19)/t14-/m0/s1. The van der Waals surface area contributed by atoms with Crippen molar-refractivity contribution in [2.75, 3.05) is 19.8 Å². The lowest BCUT2D eigenvalue weighted by Gasteiger charge is -2.03. The van der Waals surface area contributed by atoms with Gasteiger partial charge in [0.15, 0.2) is 5.82 Å². The van der Waals surface area contributed by atoms with Gasteiger partial charge < -0.3 is 9.47 Å². The van der Waals surface area contributed by atoms with Crippen molar-refractivity contribution >= 4 is 0 Å². The Bertz CT molecular complexity index is 535. The molecule has 112 valence electrons. The molecule has 0 saturated carbocycles. The van der Waals surface area contributed by atoms with E-state index in [0.717, 1.165) is 50.7 Å². The first kappa shape index (κ1) is 14.2. The smallest absolute Gasteiger partial charge is 0.156 e. The maximum atomic E-state index is 5.67. The summed E-state index contributed by atoms with van der Waals surface area (Å²) in [6.07, 6.45) is 2.84. The summed E-state index contributed by atoms with van der Waals surface area (Å²) in [5.74, 6) is 2.21. The van der Waals surface area contributed by atoms with Gasteiger partial charge in [0.05, 0.1) is 13.2 Å². The summed E-state index contributed by atoms with van der Waals surface area (Å²) in [4.78, 5) is 4.55. The van der Waals surface area contributed by atoms with Gasteiger partial charge >= 0.3 is 0 Å². The third kappa shape index (κ3) is 4.12. The number of hydrogen-bond acceptors (Lipinski definition) is 4. The van der Waals surface area contributed by atoms with Gasteiger partial charge in [0.1, 0.15) is 5.82 Å². The molecule has 2 aromatic rings. The fourth-order valence-electron chi connectivity index (χ4n) is 2.45. The van der Waals surface area contributed by atoms with E-state index in [1.165, 1.54) is 5.56 Å². The molecule has 5 nitrogen and oxygen atoms in total. The normalized spacial score (nSPS) is 18.2. The average Bonchev–Trinajstić information content (AvgIpc) is 3.19. The number of H-pyrrole nitrogens is 1. The van der Waals surface area contributed by atoms with E-state index >= 15 is 0 Å². The highest BCUT2D eigenvalue weighted by Crippen LogP contribution is 2.21. The molecule has 1 aliphatic rings. The van der Waals surface area contributed by atoms with E-state index in [9.17, 15) is 0 Å². The molecular formula is C16H21N3O2. The van der Waals surface area contributed by atoms with E-state index in [4.69, 9.17) is 9.47 Å². The summed E-state index contributed by atoms with van der Waals surface area (Å²) in [5, 5.41) is 7.31. The van der Waals surface area contributed by atoms with E-state index in [1.54, 1.807) is 0 Å². The molecule has 0 bridgehead atoms. The van der Waals surface area contributed by atoms with E-state index in [-0.39, 0.29) is 0 Å². The third-order valence-electron chi connectivity index (χ3n) is 3.66. The van der Waals surface area contributed by atoms with Crippen LogP contribution in [0.5, 0.6) is 0 Å². The number of ether oxygens (including phenoxy) is 2. The van der Waals surface area contributed by atoms with Gasteiger partial charge in [-0.1, -0.05) is 30.3 Å². The molecule has 1 fully saturated rings. The molecule has 0 radical (unpaired) electrons. The number of aryl methyl sites for hydroxylation is 1. The number of nitrogens with zero attached hydrogens (tertiary/aromatic N) is 2. The second-order valence-corrected chi connectivity index (χ2v) is 5.34. The summed E-state index contributed by atoms with van der Waals surface area (Å²) >= 11 is 0. The lowest BCUT2D eigenvalue weighted by molar-refractivity contribution is 0.118. The molecule has 1 aromatic heterocycles. The molecule has 1 atom stereocenters. The van der Waals surface area contributed by atoms with Crippen molar-refractivity contribution in [2.24, 2.45) is 0 Å². The molecule has 0 amide bonds. The minimum atomic E-state index is 0.365. The van der Waals surface area contributed by atoms with Gasteiger partial charge in [-0.3, -0.25) is 5.10 Å². The Morgan fingerprint density at radius 1 is 1.29 bits per heavy atom. The molecule has 0 unspecified atom stereocenters. The van der Waals surface area contributed by atoms with Crippen molar-refractivity contribution < 1.29 is 9.47 Å². The van der Waals surface area contributed by atoms with Crippen LogP contribution in [-0.4, -0.2) is 35.0 Å². The van der Waals surface area contributed by atoms with Gasteiger partial charge in [-0.25, -0.2) is 4.98 Å². The minimum Gasteiger partial charge on any atom is -0.381 e. The summed E-state index contributed by atoms with van der Waals surface area (Å²) in [6.45, 7) is 2.97. The van der Waals surface area contributed by atoms with Gasteiger partial charge in [-0.15, -0.1) is 0 Å². The molecule has 0 aliphatic carbocycles. The second-order valence-electron chi connectivity index (χ2n) is 5.34. The van der Waals surface area contributed by atoms with Crippen LogP contribution in [0.4, 0.5) is 0 Å². The van der Waals surface area contributed by atoms with Crippen LogP contribution in [-0.2, 0) is 22.5 Å². The number of hydrogen-bond donors (Lipinski definition) is 1. The molecule has 1 N–H and O–H groups in total. The maximum Gasteiger partial charge on any atom is 0.156 e. The topological polar surface area (TPSA) is 60.0 Å². The summed E-state index contributed by atoms with van der Waals surface area (Å²) in [6, 6.07) is 10.2. The Morgan fingerprint density at radius 2 is 2.19 bits per heavy atom. The van der Waals surface area contributed by atoms with Crippen LogP contribution in [0, 0.1) is 0 Å². The molecule has 21 heavy (non-hydrogen) atoms. The highest BCUT2D eigenvalue weighted by molar-refractivity contribution is 5.13. The van der Waals surface area contributed by atoms with E-state index in [0.29, 0.717) is 12.5 Å². The summed E-state index contributed by atoms with van der Waals surface area (Å²) < 4.78 is 11.0. The van der Waals surface area contributed by atoms with Gasteiger partial charge in [0.2, 0.25) is 0 Å². The zero-order chi connectivity index (χ0) is 14.3. The molecule has 3 rings (SSSR count). The molecular weight excluding hydrogens is 266 g/mol. The average molecular weight is 287 g/mol. The Labute approximate surface area is 124 Å². The molecule has 1 saturated heterocycles. The minimum absolute atomic E-state index is 0.365. The molecule has 1 aromatic carbocycles. The monoisotopic (exact) mass is 287 g/mol. The van der Waals surface area contributed by atoms with Gasteiger partial charge in [-0.05, 0) is 18.4 Å². The first-order valence-electron chi connectivity index (χ1n) is 7.52. The number of benzene rings is 1. The van der Waals surface area contributed by atoms with Gasteiger partial charge in [-0.2, -0.15) is 5.10 Å². The zero-order valence-electron chi connectivity index (χ0n) is 12.1. The largest absolute Gasteiger partial charge is 0.381 e. The molecule has 2 heterocycles. The van der Waals surface area contributed by atoms with Crippen LogP contribution in [0.2, 0.25) is 0 Å². The van der Waals surface area contributed by atoms with Crippen LogP contribution in [0.3, 0.4) is 0 Å². The summed E-state index contributed by atoms with van der Waals surface area (Å²) in [7, 11) is 0. The van der Waals surface area contributed by atoms with E-state index in [1.807, 2.05) is 18.2 Å². The second kappa shape index (κ2) is 7.33. The maximum absolute atomic E-state index is 5.67. The van der Waals surface area contributed by atoms with Crippen molar-refractivity contribution in [3.63, 3.8) is 0 Å². The number of aromatic amines is 1. The van der Waals surface area contributed by atoms with E-state index < -0.39 is 0 Å². The van der Waals surface area contributed by atoms with E-state index in [2.05, 4.69) is 27.3 Å². The predicted octanol–water partition coefficient (Wildman–Crippen LogP) is 2.46. The molecule has 1 aliphatic heterocycles. The predicted molar refractivity (Wildman–Crippen MR) is 79.0 cm³/mol. The number of rotatable bonds is 7. The van der Waals surface area contributed by atoms with Gasteiger partial charge in [0.25, 0.3) is 0 Å². The van der Waals surface area contributed by atoms with Crippen molar-refractivity contribution in [1.29, 1.82) is 0 Å². The van der Waals surface area contributed by atoms with Crippen LogP contribution in [0.25, 0.3) is 0 Å². The quantitative estimate of drug-likeness (QED) is 0.795. The van der Waals surface area contributed by atoms with Gasteiger partial charge in [0, 0.05) is 25.6 Å². The highest BCUT2D eigenvalue weighted by Gasteiger charge is 2.21. The fourth-order valence-corrected chi connectivity index (χ4v) is 2.45. The lowest BCUT2D eigenvalue weighted by atomic mass is 10.1. The molecule has 0 spiro atoms. The zero-order valence-corrected chi connectivity index (χ0v) is 12.1. The number of nitrogens with one attached hydrogen (secondary N) is 1. The summed E-state index contributed by atoms with van der Waals surface area (Å²) in [5.41, 5.74) is 1.21. The van der Waals surface area contributed by atoms with Crippen molar-refractivity contribution in [2.45, 2.75) is 31.8 Å². The Balaban J connectivity index is 1.35. The molecule has 5 heteroatoms. The van der Waals surface area contributed by atoms with Crippen LogP contribution in [0.15, 0.2) is 30.3 Å². The Hall–Kier alpha value is -1.72. The van der Waals surface area contributed by atoms with Crippen LogP contribution < -0.4 is 0 Å². The SMILES string of the molecule is c1ccc(COCCCc2nc([C@H]3CCOC3)n[nH]2)cc1. The van der Waals surface area contributed by atoms with Crippen molar-refractivity contribution in [3.05, 3.63) is 47.5 Å². The van der Waals surface area contributed by atoms with Crippen molar-refractivity contribution in [1.82, 2.24) is 15.2 Å². The van der Waals surface area contributed by atoms with Crippen LogP contribution >= 0.6 is 0 Å². The third-order valence-corrected chi connectivity index (χ3v) is 3.66. The van der Waals surface area contributed by atoms with Crippen molar-refractivity contribution in [3.8, 4) is 0 Å². The first-order valence-corrected chi connectivity index (χ1v) is 7.52. The highest BCUT2D eigenvalue weighted by atomic mass is 16.5. The number of aromatic nitrogens is 3. The first-order chi connectivity index (χ1) is 10.4. The lowest BCUT2D eigenvalue weighted by Crippen LogP contribution is -2.01. The fraction of sp³-hybridized carbons (Fsp3) is 0.500.